The highest BCUT2D eigenvalue weighted by atomic mass is 19.1. The van der Waals surface area contributed by atoms with E-state index in [2.05, 4.69) is 5.32 Å². The molecule has 112 valence electrons. The van der Waals surface area contributed by atoms with Gasteiger partial charge in [0.15, 0.2) is 11.6 Å². The lowest BCUT2D eigenvalue weighted by Crippen LogP contribution is -2.48. The number of hydrogen-bond acceptors (Lipinski definition) is 4. The fourth-order valence-electron chi connectivity index (χ4n) is 1.79. The van der Waals surface area contributed by atoms with E-state index in [0.29, 0.717) is 26.1 Å². The van der Waals surface area contributed by atoms with Crippen LogP contribution in [0.3, 0.4) is 0 Å². The minimum Gasteiger partial charge on any atom is -0.491 e. The van der Waals surface area contributed by atoms with Gasteiger partial charge in [0, 0.05) is 0 Å². The first-order valence-electron chi connectivity index (χ1n) is 6.77. The van der Waals surface area contributed by atoms with Crippen molar-refractivity contribution < 1.29 is 18.7 Å². The van der Waals surface area contributed by atoms with E-state index in [-0.39, 0.29) is 17.5 Å². The number of para-hydroxylation sites is 1. The van der Waals surface area contributed by atoms with Gasteiger partial charge in [0.2, 0.25) is 0 Å². The Labute approximate surface area is 119 Å². The molecule has 0 aliphatic heterocycles. The monoisotopic (exact) mass is 283 g/mol. The molecule has 0 heterocycles. The molecule has 20 heavy (non-hydrogen) atoms. The van der Waals surface area contributed by atoms with Gasteiger partial charge >= 0.3 is 5.97 Å². The van der Waals surface area contributed by atoms with Gasteiger partial charge in [0.05, 0.1) is 13.2 Å². The lowest BCUT2D eigenvalue weighted by atomic mass is 9.96. The van der Waals surface area contributed by atoms with Crippen LogP contribution in [0.4, 0.5) is 4.39 Å². The van der Waals surface area contributed by atoms with Crippen molar-refractivity contribution in [2.24, 2.45) is 0 Å². The van der Waals surface area contributed by atoms with Crippen LogP contribution in [0.25, 0.3) is 0 Å². The molecule has 1 rings (SSSR count). The molecule has 0 radical (unpaired) electrons. The largest absolute Gasteiger partial charge is 0.491 e. The van der Waals surface area contributed by atoms with Crippen LogP contribution in [-0.4, -0.2) is 31.8 Å². The maximum absolute atomic E-state index is 13.3. The van der Waals surface area contributed by atoms with Crippen molar-refractivity contribution in [1.82, 2.24) is 5.32 Å². The third-order valence-electron chi connectivity index (χ3n) is 3.19. The molecule has 0 aliphatic carbocycles. The topological polar surface area (TPSA) is 47.6 Å². The number of ether oxygens (including phenoxy) is 2. The summed E-state index contributed by atoms with van der Waals surface area (Å²) in [5.74, 6) is -0.433. The van der Waals surface area contributed by atoms with Crippen molar-refractivity contribution in [2.45, 2.75) is 32.2 Å². The summed E-state index contributed by atoms with van der Waals surface area (Å²) in [6, 6.07) is 6.26. The molecule has 1 unspecified atom stereocenters. The van der Waals surface area contributed by atoms with Crippen LogP contribution < -0.4 is 10.1 Å². The molecular weight excluding hydrogens is 261 g/mol. The van der Waals surface area contributed by atoms with Gasteiger partial charge in [-0.25, -0.2) is 4.39 Å². The van der Waals surface area contributed by atoms with Crippen LogP contribution in [-0.2, 0) is 9.53 Å². The summed E-state index contributed by atoms with van der Waals surface area (Å²) in [6.07, 6.45) is 1.17. The standard InChI is InChI=1S/C15H22FNO3/c1-4-19-14(18)15(2,17-3)10-7-11-20-13-9-6-5-8-12(13)16/h5-6,8-9,17H,4,7,10-11H2,1-3H3. The molecule has 4 nitrogen and oxygen atoms in total. The second-order valence-electron chi connectivity index (χ2n) is 4.69. The molecular formula is C15H22FNO3. The third kappa shape index (κ3) is 4.49. The van der Waals surface area contributed by atoms with Crippen molar-refractivity contribution in [3.8, 4) is 5.75 Å². The molecule has 1 atom stereocenters. The van der Waals surface area contributed by atoms with Gasteiger partial charge in [-0.05, 0) is 45.9 Å². The molecule has 0 amide bonds. The van der Waals surface area contributed by atoms with Gasteiger partial charge in [-0.1, -0.05) is 12.1 Å². The number of esters is 1. The van der Waals surface area contributed by atoms with Gasteiger partial charge in [-0.2, -0.15) is 0 Å². The second kappa shape index (κ2) is 7.85. The molecule has 1 N–H and O–H groups in total. The average molecular weight is 283 g/mol. The maximum atomic E-state index is 13.3. The zero-order valence-corrected chi connectivity index (χ0v) is 12.2. The number of rotatable bonds is 8. The Hall–Kier alpha value is -1.62. The van der Waals surface area contributed by atoms with E-state index >= 15 is 0 Å². The highest BCUT2D eigenvalue weighted by Gasteiger charge is 2.32. The van der Waals surface area contributed by atoms with Crippen molar-refractivity contribution in [1.29, 1.82) is 0 Å². The summed E-state index contributed by atoms with van der Waals surface area (Å²) in [5.41, 5.74) is -0.741. The highest BCUT2D eigenvalue weighted by Crippen LogP contribution is 2.18. The van der Waals surface area contributed by atoms with Crippen molar-refractivity contribution in [3.63, 3.8) is 0 Å². The smallest absolute Gasteiger partial charge is 0.326 e. The molecule has 0 spiro atoms. The van der Waals surface area contributed by atoms with E-state index in [0.717, 1.165) is 0 Å². The maximum Gasteiger partial charge on any atom is 0.326 e. The Morgan fingerprint density at radius 3 is 2.70 bits per heavy atom. The number of carbonyl (C=O) groups is 1. The molecule has 1 aromatic carbocycles. The molecule has 0 bridgehead atoms. The van der Waals surface area contributed by atoms with Gasteiger partial charge in [0.1, 0.15) is 5.54 Å². The lowest BCUT2D eigenvalue weighted by molar-refractivity contribution is -0.150. The van der Waals surface area contributed by atoms with Crippen LogP contribution >= 0.6 is 0 Å². The van der Waals surface area contributed by atoms with Crippen LogP contribution in [0.5, 0.6) is 5.75 Å². The minimum absolute atomic E-state index is 0.231. The van der Waals surface area contributed by atoms with Gasteiger partial charge in [-0.15, -0.1) is 0 Å². The molecule has 0 saturated heterocycles. The third-order valence-corrected chi connectivity index (χ3v) is 3.19. The number of nitrogens with one attached hydrogen (secondary N) is 1. The highest BCUT2D eigenvalue weighted by molar-refractivity contribution is 5.80. The summed E-state index contributed by atoms with van der Waals surface area (Å²) in [6.45, 7) is 4.25. The summed E-state index contributed by atoms with van der Waals surface area (Å²) in [4.78, 5) is 11.8. The average Bonchev–Trinajstić information content (AvgIpc) is 2.45. The van der Waals surface area contributed by atoms with Crippen molar-refractivity contribution in [2.75, 3.05) is 20.3 Å². The number of carbonyl (C=O) groups excluding carboxylic acids is 1. The molecule has 0 fully saturated rings. The molecule has 0 saturated carbocycles. The van der Waals surface area contributed by atoms with Gasteiger partial charge in [-0.3, -0.25) is 4.79 Å². The molecule has 1 aromatic rings. The van der Waals surface area contributed by atoms with Crippen molar-refractivity contribution in [3.05, 3.63) is 30.1 Å². The minimum atomic E-state index is -0.741. The summed E-state index contributed by atoms with van der Waals surface area (Å²) < 4.78 is 23.7. The number of halogens is 1. The van der Waals surface area contributed by atoms with Crippen LogP contribution in [0.2, 0.25) is 0 Å². The Morgan fingerprint density at radius 2 is 2.10 bits per heavy atom. The van der Waals surface area contributed by atoms with E-state index in [4.69, 9.17) is 9.47 Å². The Kier molecular flexibility index (Phi) is 6.45. The SMILES string of the molecule is CCOC(=O)C(C)(CCCOc1ccccc1F)NC. The normalized spacial score (nSPS) is 13.6. The second-order valence-corrected chi connectivity index (χ2v) is 4.69. The zero-order chi connectivity index (χ0) is 15.0. The first-order chi connectivity index (χ1) is 9.53. The fourth-order valence-corrected chi connectivity index (χ4v) is 1.79. The summed E-state index contributed by atoms with van der Waals surface area (Å²) in [5, 5.41) is 2.97. The number of hydrogen-bond donors (Lipinski definition) is 1. The first-order valence-corrected chi connectivity index (χ1v) is 6.77. The number of likely N-dealkylation sites (N-methyl/N-ethyl adjacent to an activating group) is 1. The first kappa shape index (κ1) is 16.4. The van der Waals surface area contributed by atoms with Crippen LogP contribution in [0.1, 0.15) is 26.7 Å². The van der Waals surface area contributed by atoms with E-state index in [1.165, 1.54) is 6.07 Å². The zero-order valence-electron chi connectivity index (χ0n) is 12.2. The molecule has 5 heteroatoms. The van der Waals surface area contributed by atoms with Gasteiger partial charge in [0.25, 0.3) is 0 Å². The molecule has 0 aromatic heterocycles. The summed E-state index contributed by atoms with van der Waals surface area (Å²) in [7, 11) is 1.72. The van der Waals surface area contributed by atoms with E-state index < -0.39 is 5.54 Å². The van der Waals surface area contributed by atoms with E-state index in [1.54, 1.807) is 39.1 Å². The predicted molar refractivity (Wildman–Crippen MR) is 75.2 cm³/mol. The number of benzene rings is 1. The Morgan fingerprint density at radius 1 is 1.40 bits per heavy atom. The predicted octanol–water partition coefficient (Wildman–Crippen LogP) is 2.53. The Balaban J connectivity index is 2.42. The summed E-state index contributed by atoms with van der Waals surface area (Å²) >= 11 is 0. The fraction of sp³-hybridized carbons (Fsp3) is 0.533. The van der Waals surface area contributed by atoms with E-state index in [9.17, 15) is 9.18 Å². The van der Waals surface area contributed by atoms with E-state index in [1.807, 2.05) is 0 Å². The van der Waals surface area contributed by atoms with Crippen LogP contribution in [0.15, 0.2) is 24.3 Å². The quantitative estimate of drug-likeness (QED) is 0.588. The van der Waals surface area contributed by atoms with Crippen LogP contribution in [0, 0.1) is 5.82 Å². The Bertz CT molecular complexity index is 439. The lowest BCUT2D eigenvalue weighted by Gasteiger charge is -2.26. The molecule has 0 aliphatic rings. The van der Waals surface area contributed by atoms with Crippen molar-refractivity contribution >= 4 is 5.97 Å². The van der Waals surface area contributed by atoms with Gasteiger partial charge < -0.3 is 14.8 Å².